The molecule has 7 nitrogen and oxygen atoms in total. The highest BCUT2D eigenvalue weighted by molar-refractivity contribution is 6.31. The predicted molar refractivity (Wildman–Crippen MR) is 142 cm³/mol. The molecule has 0 radical (unpaired) electrons. The van der Waals surface area contributed by atoms with Gasteiger partial charge >= 0.3 is 6.09 Å². The highest BCUT2D eigenvalue weighted by Gasteiger charge is 2.39. The van der Waals surface area contributed by atoms with Gasteiger partial charge in [0, 0.05) is 46.8 Å². The molecule has 0 bridgehead atoms. The molecule has 3 atom stereocenters. The third-order valence-electron chi connectivity index (χ3n) is 7.55. The van der Waals surface area contributed by atoms with Gasteiger partial charge in [0.1, 0.15) is 11.8 Å². The van der Waals surface area contributed by atoms with Crippen LogP contribution in [0.5, 0.6) is 0 Å². The first-order valence-electron chi connectivity index (χ1n) is 13.3. The zero-order valence-corrected chi connectivity index (χ0v) is 22.7. The molecule has 2 heterocycles. The van der Waals surface area contributed by atoms with E-state index in [2.05, 4.69) is 14.8 Å². The summed E-state index contributed by atoms with van der Waals surface area (Å²) < 4.78 is 7.66. The molecule has 198 valence electrons. The van der Waals surface area contributed by atoms with E-state index < -0.39 is 24.0 Å². The molecule has 2 aliphatic rings. The molecule has 36 heavy (non-hydrogen) atoms. The lowest BCUT2D eigenvalue weighted by Crippen LogP contribution is -2.57. The minimum Gasteiger partial charge on any atom is -0.444 e. The van der Waals surface area contributed by atoms with E-state index in [0.29, 0.717) is 17.1 Å². The van der Waals surface area contributed by atoms with Crippen LogP contribution in [0.3, 0.4) is 0 Å². The van der Waals surface area contributed by atoms with Crippen LogP contribution >= 0.6 is 11.6 Å². The minimum atomic E-state index is -0.809. The summed E-state index contributed by atoms with van der Waals surface area (Å²) in [6.45, 7) is 8.52. The summed E-state index contributed by atoms with van der Waals surface area (Å²) in [7, 11) is 0. The van der Waals surface area contributed by atoms with E-state index in [-0.39, 0.29) is 17.7 Å². The number of amides is 1. The number of halogens is 1. The number of nitrogens with one attached hydrogen (secondary N) is 1. The van der Waals surface area contributed by atoms with Crippen LogP contribution in [-0.2, 0) is 11.3 Å². The van der Waals surface area contributed by atoms with Gasteiger partial charge in [-0.15, -0.1) is 0 Å². The van der Waals surface area contributed by atoms with E-state index in [1.807, 2.05) is 45.2 Å². The first-order chi connectivity index (χ1) is 17.0. The maximum atomic E-state index is 12.7. The molecule has 1 aromatic heterocycles. The number of likely N-dealkylation sites (tertiary alicyclic amines) is 1. The van der Waals surface area contributed by atoms with Crippen molar-refractivity contribution in [2.24, 2.45) is 5.92 Å². The molecule has 1 aromatic carbocycles. The maximum absolute atomic E-state index is 12.7. The van der Waals surface area contributed by atoms with Gasteiger partial charge in [0.15, 0.2) is 5.78 Å². The van der Waals surface area contributed by atoms with Gasteiger partial charge < -0.3 is 19.7 Å². The van der Waals surface area contributed by atoms with Crippen LogP contribution in [0.1, 0.15) is 83.0 Å². The molecular weight excluding hydrogens is 478 g/mol. The number of benzene rings is 1. The van der Waals surface area contributed by atoms with Crippen molar-refractivity contribution in [2.75, 3.05) is 6.54 Å². The molecule has 1 saturated carbocycles. The normalized spacial score (nSPS) is 21.4. The number of carbonyl (C=O) groups is 2. The van der Waals surface area contributed by atoms with Crippen LogP contribution in [0.4, 0.5) is 4.79 Å². The highest BCUT2D eigenvalue weighted by atomic mass is 35.5. The van der Waals surface area contributed by atoms with Gasteiger partial charge in [-0.25, -0.2) is 4.79 Å². The summed E-state index contributed by atoms with van der Waals surface area (Å²) in [4.78, 5) is 27.2. The van der Waals surface area contributed by atoms with Crippen molar-refractivity contribution >= 4 is 34.4 Å². The van der Waals surface area contributed by atoms with Crippen LogP contribution in [0.2, 0.25) is 5.02 Å². The zero-order chi connectivity index (χ0) is 26.0. The first-order valence-corrected chi connectivity index (χ1v) is 13.6. The van der Waals surface area contributed by atoms with Crippen molar-refractivity contribution in [1.82, 2.24) is 14.8 Å². The predicted octanol–water partition coefficient (Wildman–Crippen LogP) is 5.75. The van der Waals surface area contributed by atoms with Gasteiger partial charge in [-0.1, -0.05) is 30.9 Å². The van der Waals surface area contributed by atoms with Crippen molar-refractivity contribution in [3.05, 3.63) is 35.0 Å². The Kier molecular flexibility index (Phi) is 8.32. The first kappa shape index (κ1) is 27.0. The summed E-state index contributed by atoms with van der Waals surface area (Å²) in [5.74, 6) is 0.213. The van der Waals surface area contributed by atoms with E-state index in [1.54, 1.807) is 6.92 Å². The van der Waals surface area contributed by atoms with E-state index >= 15 is 0 Å². The average Bonchev–Trinajstić information content (AvgIpc) is 3.41. The number of hydrogen-bond acceptors (Lipinski definition) is 5. The van der Waals surface area contributed by atoms with Crippen molar-refractivity contribution < 1.29 is 19.4 Å². The Morgan fingerprint density at radius 1 is 1.17 bits per heavy atom. The maximum Gasteiger partial charge on any atom is 0.408 e. The molecule has 1 amide bonds. The Bertz CT molecular complexity index is 1090. The molecule has 1 saturated heterocycles. The minimum absolute atomic E-state index is 0.00301. The Hall–Kier alpha value is -2.09. The molecule has 1 aliphatic heterocycles. The number of aliphatic hydroxyl groups excluding tert-OH is 1. The topological polar surface area (TPSA) is 83.8 Å². The van der Waals surface area contributed by atoms with E-state index in [9.17, 15) is 14.7 Å². The molecular formula is C28H40ClN3O4. The van der Waals surface area contributed by atoms with Gasteiger partial charge in [-0.2, -0.15) is 0 Å². The van der Waals surface area contributed by atoms with E-state index in [4.69, 9.17) is 16.3 Å². The number of ether oxygens (including phenoxy) is 1. The molecule has 0 spiro atoms. The molecule has 8 heteroatoms. The van der Waals surface area contributed by atoms with Crippen molar-refractivity contribution in [1.29, 1.82) is 0 Å². The third kappa shape index (κ3) is 6.24. The Labute approximate surface area is 219 Å². The van der Waals surface area contributed by atoms with Gasteiger partial charge in [0.05, 0.1) is 6.04 Å². The number of aromatic nitrogens is 1. The highest BCUT2D eigenvalue weighted by Crippen LogP contribution is 2.33. The lowest BCUT2D eigenvalue weighted by molar-refractivity contribution is -0.0550. The van der Waals surface area contributed by atoms with E-state index in [1.165, 1.54) is 6.42 Å². The average molecular weight is 518 g/mol. The molecule has 1 unspecified atom stereocenters. The molecule has 2 aromatic rings. The summed E-state index contributed by atoms with van der Waals surface area (Å²) in [6, 6.07) is 5.32. The molecule has 4 rings (SSSR count). The summed E-state index contributed by atoms with van der Waals surface area (Å²) in [6.07, 6.45) is 7.91. The third-order valence-corrected chi connectivity index (χ3v) is 7.79. The lowest BCUT2D eigenvalue weighted by atomic mass is 9.83. The number of fused-ring (bicyclic) bond motifs is 1. The van der Waals surface area contributed by atoms with Gasteiger partial charge in [0.25, 0.3) is 0 Å². The van der Waals surface area contributed by atoms with Crippen molar-refractivity contribution in [3.8, 4) is 0 Å². The van der Waals surface area contributed by atoms with E-state index in [0.717, 1.165) is 56.0 Å². The largest absolute Gasteiger partial charge is 0.444 e. The zero-order valence-electron chi connectivity index (χ0n) is 21.9. The number of rotatable bonds is 7. The standard InChI is InChI=1S/C28H40ClN3O4/c1-18(33)23-17-31(24-13-12-20(29)15-22(23)24)16-21-11-8-14-32(21)26(34)25(19-9-6-5-7-10-19)30-27(35)36-28(2,3)4/h12-13,15,17,19,21,25-26,34H,5-11,14,16H2,1-4H3,(H,30,35)/t21-,25-,26?/m0/s1. The smallest absolute Gasteiger partial charge is 0.408 e. The van der Waals surface area contributed by atoms with Crippen LogP contribution in [-0.4, -0.2) is 56.9 Å². The number of Topliss-reactive ketones (excluding diaryl/α,β-unsaturated/α-hetero) is 1. The van der Waals surface area contributed by atoms with Crippen LogP contribution in [0, 0.1) is 5.92 Å². The molecule has 2 N–H and O–H groups in total. The SMILES string of the molecule is CC(=O)c1cn(C[C@@H]2CCCN2C(O)[C@@H](NC(=O)OC(C)(C)C)C2CCCCC2)c2ccc(Cl)cc12. The second-order valence-electron chi connectivity index (χ2n) is 11.4. The Morgan fingerprint density at radius 2 is 1.89 bits per heavy atom. The van der Waals surface area contributed by atoms with Crippen molar-refractivity contribution in [3.63, 3.8) is 0 Å². The Morgan fingerprint density at radius 3 is 2.56 bits per heavy atom. The summed E-state index contributed by atoms with van der Waals surface area (Å²) >= 11 is 6.22. The van der Waals surface area contributed by atoms with Gasteiger partial charge in [-0.05, 0) is 77.5 Å². The van der Waals surface area contributed by atoms with Crippen LogP contribution < -0.4 is 5.32 Å². The number of nitrogens with zero attached hydrogens (tertiary/aromatic N) is 2. The van der Waals surface area contributed by atoms with Crippen LogP contribution in [0.15, 0.2) is 24.4 Å². The second kappa shape index (κ2) is 11.1. The van der Waals surface area contributed by atoms with Crippen LogP contribution in [0.25, 0.3) is 10.9 Å². The number of alkyl carbamates (subject to hydrolysis) is 1. The van der Waals surface area contributed by atoms with Gasteiger partial charge in [-0.3, -0.25) is 9.69 Å². The fourth-order valence-electron chi connectivity index (χ4n) is 5.91. The summed E-state index contributed by atoms with van der Waals surface area (Å²) in [5.41, 5.74) is 1.01. The number of aliphatic hydroxyl groups is 1. The van der Waals surface area contributed by atoms with Gasteiger partial charge in [0.2, 0.25) is 0 Å². The fourth-order valence-corrected chi connectivity index (χ4v) is 6.08. The van der Waals surface area contributed by atoms with Crippen molar-refractivity contribution in [2.45, 2.75) is 103 Å². The second-order valence-corrected chi connectivity index (χ2v) is 11.9. The fraction of sp³-hybridized carbons (Fsp3) is 0.643. The Balaban J connectivity index is 1.56. The number of hydrogen-bond donors (Lipinski definition) is 2. The summed E-state index contributed by atoms with van der Waals surface area (Å²) in [5, 5.41) is 16.2. The number of carbonyl (C=O) groups excluding carboxylic acids is 2. The monoisotopic (exact) mass is 517 g/mol. The lowest BCUT2D eigenvalue weighted by Gasteiger charge is -2.40. The molecule has 2 fully saturated rings. The number of ketones is 1. The quantitative estimate of drug-likeness (QED) is 0.456. The molecule has 1 aliphatic carbocycles.